The molecule has 0 spiro atoms. The van der Waals surface area contributed by atoms with Crippen LogP contribution in [0.25, 0.3) is 17.0 Å². The van der Waals surface area contributed by atoms with Crippen LogP contribution in [0.15, 0.2) is 42.7 Å². The average Bonchev–Trinajstić information content (AvgIpc) is 3.19. The van der Waals surface area contributed by atoms with Crippen molar-refractivity contribution in [1.82, 2.24) is 29.8 Å². The highest BCUT2D eigenvalue weighted by molar-refractivity contribution is 5.61. The van der Waals surface area contributed by atoms with E-state index in [0.29, 0.717) is 0 Å². The number of imidazole rings is 1. The first-order valence-corrected chi connectivity index (χ1v) is 9.84. The summed E-state index contributed by atoms with van der Waals surface area (Å²) in [7, 11) is 0. The standard InChI is InChI=1S/C20H25N7/c1-3-17(18-15-22-19-5-2-8-23-27(18)19)24-20(4-1)26-13-11-25(12-14-26)16-6-9-21-10-7-16/h1-5,8,15-16,21H,6-7,9-14H2. The molecule has 27 heavy (non-hydrogen) atoms. The lowest BCUT2D eigenvalue weighted by molar-refractivity contribution is 0.153. The molecule has 7 nitrogen and oxygen atoms in total. The van der Waals surface area contributed by atoms with Gasteiger partial charge in [-0.1, -0.05) is 6.07 Å². The van der Waals surface area contributed by atoms with E-state index in [2.05, 4.69) is 37.3 Å². The van der Waals surface area contributed by atoms with Crippen molar-refractivity contribution in [3.63, 3.8) is 0 Å². The molecule has 5 heterocycles. The molecule has 2 aliphatic rings. The fourth-order valence-electron chi connectivity index (χ4n) is 4.23. The summed E-state index contributed by atoms with van der Waals surface area (Å²) >= 11 is 0. The van der Waals surface area contributed by atoms with Gasteiger partial charge in [-0.2, -0.15) is 5.10 Å². The van der Waals surface area contributed by atoms with Crippen molar-refractivity contribution >= 4 is 11.5 Å². The van der Waals surface area contributed by atoms with Crippen molar-refractivity contribution in [3.05, 3.63) is 42.7 Å². The summed E-state index contributed by atoms with van der Waals surface area (Å²) in [6.07, 6.45) is 6.18. The van der Waals surface area contributed by atoms with Crippen LogP contribution in [0.5, 0.6) is 0 Å². The zero-order valence-electron chi connectivity index (χ0n) is 15.5. The Morgan fingerprint density at radius 2 is 1.81 bits per heavy atom. The van der Waals surface area contributed by atoms with Crippen LogP contribution >= 0.6 is 0 Å². The van der Waals surface area contributed by atoms with E-state index in [1.165, 1.54) is 12.8 Å². The third kappa shape index (κ3) is 3.28. The molecule has 0 atom stereocenters. The van der Waals surface area contributed by atoms with Gasteiger partial charge in [-0.3, -0.25) is 4.90 Å². The smallest absolute Gasteiger partial charge is 0.154 e. The van der Waals surface area contributed by atoms with Crippen LogP contribution in [0.3, 0.4) is 0 Å². The Bertz CT molecular complexity index is 907. The van der Waals surface area contributed by atoms with E-state index in [1.807, 2.05) is 28.9 Å². The van der Waals surface area contributed by atoms with Crippen LogP contribution in [0, 0.1) is 0 Å². The second-order valence-electron chi connectivity index (χ2n) is 7.32. The molecule has 140 valence electrons. The van der Waals surface area contributed by atoms with E-state index in [0.717, 1.165) is 68.2 Å². The van der Waals surface area contributed by atoms with E-state index in [4.69, 9.17) is 4.98 Å². The minimum absolute atomic E-state index is 0.747. The largest absolute Gasteiger partial charge is 0.354 e. The Morgan fingerprint density at radius 3 is 2.67 bits per heavy atom. The molecule has 2 saturated heterocycles. The highest BCUT2D eigenvalue weighted by atomic mass is 15.3. The van der Waals surface area contributed by atoms with Crippen LogP contribution in [0.4, 0.5) is 5.82 Å². The van der Waals surface area contributed by atoms with E-state index in [-0.39, 0.29) is 0 Å². The predicted molar refractivity (Wildman–Crippen MR) is 106 cm³/mol. The maximum absolute atomic E-state index is 4.92. The Labute approximate surface area is 159 Å². The summed E-state index contributed by atoms with van der Waals surface area (Å²) in [4.78, 5) is 14.4. The van der Waals surface area contributed by atoms with Gasteiger partial charge in [0.1, 0.15) is 11.5 Å². The van der Waals surface area contributed by atoms with Gasteiger partial charge >= 0.3 is 0 Å². The monoisotopic (exact) mass is 363 g/mol. The van der Waals surface area contributed by atoms with Crippen molar-refractivity contribution in [1.29, 1.82) is 0 Å². The van der Waals surface area contributed by atoms with Gasteiger partial charge in [-0.05, 0) is 50.2 Å². The second kappa shape index (κ2) is 7.25. The van der Waals surface area contributed by atoms with Gasteiger partial charge < -0.3 is 10.2 Å². The number of pyridine rings is 1. The number of piperidine rings is 1. The predicted octanol–water partition coefficient (Wildman–Crippen LogP) is 1.67. The molecule has 0 aliphatic carbocycles. The molecule has 0 saturated carbocycles. The summed E-state index contributed by atoms with van der Waals surface area (Å²) < 4.78 is 1.85. The van der Waals surface area contributed by atoms with Gasteiger partial charge in [0.15, 0.2) is 5.65 Å². The first-order chi connectivity index (χ1) is 13.4. The summed E-state index contributed by atoms with van der Waals surface area (Å²) in [6.45, 7) is 6.61. The van der Waals surface area contributed by atoms with Crippen LogP contribution in [-0.2, 0) is 0 Å². The Morgan fingerprint density at radius 1 is 0.963 bits per heavy atom. The Hall–Kier alpha value is -2.51. The number of nitrogens with zero attached hydrogens (tertiary/aromatic N) is 6. The van der Waals surface area contributed by atoms with Gasteiger partial charge in [0.05, 0.1) is 11.9 Å². The lowest BCUT2D eigenvalue weighted by Gasteiger charge is -2.41. The van der Waals surface area contributed by atoms with Gasteiger partial charge in [0.2, 0.25) is 0 Å². The lowest BCUT2D eigenvalue weighted by Crippen LogP contribution is -2.53. The number of fused-ring (bicyclic) bond motifs is 1. The molecule has 0 radical (unpaired) electrons. The van der Waals surface area contributed by atoms with E-state index < -0.39 is 0 Å². The third-order valence-electron chi connectivity index (χ3n) is 5.74. The maximum Gasteiger partial charge on any atom is 0.154 e. The third-order valence-corrected chi connectivity index (χ3v) is 5.74. The number of hydrogen-bond acceptors (Lipinski definition) is 6. The van der Waals surface area contributed by atoms with Crippen LogP contribution < -0.4 is 10.2 Å². The summed E-state index contributed by atoms with van der Waals surface area (Å²) in [5.74, 6) is 1.04. The molecule has 0 aromatic carbocycles. The second-order valence-corrected chi connectivity index (χ2v) is 7.32. The van der Waals surface area contributed by atoms with Crippen molar-refractivity contribution in [2.45, 2.75) is 18.9 Å². The molecule has 0 amide bonds. The topological polar surface area (TPSA) is 61.6 Å². The number of piperazine rings is 1. The van der Waals surface area contributed by atoms with Crippen LogP contribution in [0.1, 0.15) is 12.8 Å². The van der Waals surface area contributed by atoms with Crippen molar-refractivity contribution in [3.8, 4) is 11.4 Å². The van der Waals surface area contributed by atoms with Gasteiger partial charge in [0.25, 0.3) is 0 Å². The number of rotatable bonds is 3. The fraction of sp³-hybridized carbons (Fsp3) is 0.450. The minimum Gasteiger partial charge on any atom is -0.354 e. The van der Waals surface area contributed by atoms with E-state index in [1.54, 1.807) is 6.20 Å². The zero-order valence-corrected chi connectivity index (χ0v) is 15.5. The molecule has 7 heteroatoms. The molecule has 3 aromatic rings. The molecule has 1 N–H and O–H groups in total. The van der Waals surface area contributed by atoms with Crippen LogP contribution in [0.2, 0.25) is 0 Å². The summed E-state index contributed by atoms with van der Waals surface area (Å²) in [6, 6.07) is 10.8. The number of aromatic nitrogens is 4. The number of nitrogens with one attached hydrogen (secondary N) is 1. The van der Waals surface area contributed by atoms with Crippen molar-refractivity contribution in [2.24, 2.45) is 0 Å². The molecule has 0 unspecified atom stereocenters. The molecule has 5 rings (SSSR count). The van der Waals surface area contributed by atoms with Crippen molar-refractivity contribution in [2.75, 3.05) is 44.2 Å². The zero-order chi connectivity index (χ0) is 18.1. The van der Waals surface area contributed by atoms with Crippen molar-refractivity contribution < 1.29 is 0 Å². The van der Waals surface area contributed by atoms with Gasteiger partial charge in [-0.25, -0.2) is 14.5 Å². The quantitative estimate of drug-likeness (QED) is 0.764. The average molecular weight is 363 g/mol. The van der Waals surface area contributed by atoms with Gasteiger partial charge in [-0.15, -0.1) is 0 Å². The number of anilines is 1. The lowest BCUT2D eigenvalue weighted by atomic mass is 10.0. The SMILES string of the molecule is c1cc(-c2cnc3cccnn23)nc(N2CCN(C3CCNCC3)CC2)c1. The molecule has 3 aromatic heterocycles. The summed E-state index contributed by atoms with van der Waals surface area (Å²) in [5, 5.41) is 7.87. The first-order valence-electron chi connectivity index (χ1n) is 9.84. The fourth-order valence-corrected chi connectivity index (χ4v) is 4.23. The highest BCUT2D eigenvalue weighted by Gasteiger charge is 2.25. The highest BCUT2D eigenvalue weighted by Crippen LogP contribution is 2.23. The first kappa shape index (κ1) is 16.6. The normalized spacial score (nSPS) is 19.6. The van der Waals surface area contributed by atoms with Gasteiger partial charge in [0, 0.05) is 38.4 Å². The minimum atomic E-state index is 0.747. The Balaban J connectivity index is 1.33. The molecule has 2 aliphatic heterocycles. The number of hydrogen-bond donors (Lipinski definition) is 1. The van der Waals surface area contributed by atoms with Crippen LogP contribution in [-0.4, -0.2) is 69.8 Å². The molecule has 2 fully saturated rings. The molecular formula is C20H25N7. The van der Waals surface area contributed by atoms with E-state index >= 15 is 0 Å². The van der Waals surface area contributed by atoms with E-state index in [9.17, 15) is 0 Å². The Kier molecular flexibility index (Phi) is 4.47. The maximum atomic E-state index is 4.92. The molecule has 0 bridgehead atoms. The molecular weight excluding hydrogens is 338 g/mol. The summed E-state index contributed by atoms with van der Waals surface area (Å²) in [5.41, 5.74) is 2.69.